The number of hydrogen-bond donors (Lipinski definition) is 2. The summed E-state index contributed by atoms with van der Waals surface area (Å²) < 4.78 is 0. The van der Waals surface area contributed by atoms with Crippen LogP contribution in [-0.4, -0.2) is 48.3 Å². The van der Waals surface area contributed by atoms with Gasteiger partial charge in [-0.1, -0.05) is 18.2 Å². The highest BCUT2D eigenvalue weighted by Gasteiger charge is 2.24. The molecule has 0 radical (unpaired) electrons. The van der Waals surface area contributed by atoms with Crippen molar-refractivity contribution in [2.24, 2.45) is 5.92 Å². The SMILES string of the molecule is CN(C)c1nc(N[C@H]2CC[C@@H](CNC(=O)C(=O)c3cccs3)CC2)nc2ccccc12. The van der Waals surface area contributed by atoms with E-state index in [1.165, 1.54) is 11.3 Å². The number of fused-ring (bicyclic) bond motifs is 1. The van der Waals surface area contributed by atoms with Crippen molar-refractivity contribution in [3.63, 3.8) is 0 Å². The second kappa shape index (κ2) is 9.43. The number of anilines is 2. The summed E-state index contributed by atoms with van der Waals surface area (Å²) in [6, 6.07) is 11.8. The van der Waals surface area contributed by atoms with Crippen LogP contribution in [0.25, 0.3) is 10.9 Å². The zero-order valence-electron chi connectivity index (χ0n) is 17.8. The first-order valence-corrected chi connectivity index (χ1v) is 11.5. The number of para-hydroxylation sites is 1. The Balaban J connectivity index is 1.30. The Morgan fingerprint density at radius 3 is 2.55 bits per heavy atom. The molecule has 0 atom stereocenters. The summed E-state index contributed by atoms with van der Waals surface area (Å²) in [7, 11) is 3.97. The van der Waals surface area contributed by atoms with Gasteiger partial charge < -0.3 is 15.5 Å². The van der Waals surface area contributed by atoms with Gasteiger partial charge >= 0.3 is 0 Å². The summed E-state index contributed by atoms with van der Waals surface area (Å²) in [6.07, 6.45) is 3.93. The molecule has 0 spiro atoms. The molecule has 4 rings (SSSR count). The van der Waals surface area contributed by atoms with Crippen molar-refractivity contribution >= 4 is 45.7 Å². The number of amides is 1. The summed E-state index contributed by atoms with van der Waals surface area (Å²) in [4.78, 5) is 36.1. The van der Waals surface area contributed by atoms with Crippen molar-refractivity contribution in [3.8, 4) is 0 Å². The van der Waals surface area contributed by atoms with Crippen LogP contribution in [0.2, 0.25) is 0 Å². The average Bonchev–Trinajstić information content (AvgIpc) is 3.32. The highest BCUT2D eigenvalue weighted by molar-refractivity contribution is 7.13. The maximum atomic E-state index is 12.1. The fourth-order valence-electron chi connectivity index (χ4n) is 4.00. The lowest BCUT2D eigenvalue weighted by Gasteiger charge is -2.29. The summed E-state index contributed by atoms with van der Waals surface area (Å²) in [6.45, 7) is 0.542. The first kappa shape index (κ1) is 21.2. The molecule has 0 aliphatic heterocycles. The number of rotatable bonds is 7. The van der Waals surface area contributed by atoms with E-state index in [0.717, 1.165) is 42.4 Å². The Morgan fingerprint density at radius 1 is 1.06 bits per heavy atom. The van der Waals surface area contributed by atoms with E-state index < -0.39 is 11.7 Å². The van der Waals surface area contributed by atoms with Gasteiger partial charge in [-0.15, -0.1) is 11.3 Å². The molecule has 1 saturated carbocycles. The van der Waals surface area contributed by atoms with E-state index in [-0.39, 0.29) is 0 Å². The van der Waals surface area contributed by atoms with Gasteiger partial charge in [0.25, 0.3) is 11.7 Å². The van der Waals surface area contributed by atoms with Crippen LogP contribution in [-0.2, 0) is 4.79 Å². The minimum atomic E-state index is -0.511. The van der Waals surface area contributed by atoms with Gasteiger partial charge in [0.15, 0.2) is 0 Å². The molecule has 8 heteroatoms. The standard InChI is InChI=1S/C23H27N5O2S/c1-28(2)21-17-6-3-4-7-18(17)26-23(27-21)25-16-11-9-15(10-12-16)14-24-22(30)20(29)19-8-5-13-31-19/h3-8,13,15-16H,9-12,14H2,1-2H3,(H,24,30)(H,25,26,27)/t15-,16+. The molecule has 1 fully saturated rings. The van der Waals surface area contributed by atoms with Crippen molar-refractivity contribution in [3.05, 3.63) is 46.7 Å². The van der Waals surface area contributed by atoms with E-state index in [0.29, 0.717) is 29.3 Å². The molecule has 1 aromatic carbocycles. The van der Waals surface area contributed by atoms with Crippen LogP contribution in [0.4, 0.5) is 11.8 Å². The quantitative estimate of drug-likeness (QED) is 0.433. The number of carbonyl (C=O) groups is 2. The number of ketones is 1. The van der Waals surface area contributed by atoms with Crippen LogP contribution in [0.15, 0.2) is 41.8 Å². The van der Waals surface area contributed by atoms with Gasteiger partial charge in [0.2, 0.25) is 5.95 Å². The van der Waals surface area contributed by atoms with Crippen molar-refractivity contribution in [2.75, 3.05) is 30.9 Å². The largest absolute Gasteiger partial charge is 0.362 e. The Hall–Kier alpha value is -3.00. The van der Waals surface area contributed by atoms with Crippen molar-refractivity contribution in [1.29, 1.82) is 0 Å². The van der Waals surface area contributed by atoms with Crippen molar-refractivity contribution in [2.45, 2.75) is 31.7 Å². The van der Waals surface area contributed by atoms with Crippen LogP contribution >= 0.6 is 11.3 Å². The maximum Gasteiger partial charge on any atom is 0.293 e. The van der Waals surface area contributed by atoms with Gasteiger partial charge in [-0.25, -0.2) is 4.98 Å². The Labute approximate surface area is 185 Å². The van der Waals surface area contributed by atoms with E-state index in [9.17, 15) is 9.59 Å². The van der Waals surface area contributed by atoms with Crippen LogP contribution < -0.4 is 15.5 Å². The lowest BCUT2D eigenvalue weighted by atomic mass is 9.86. The molecule has 2 aromatic heterocycles. The zero-order chi connectivity index (χ0) is 21.8. The molecule has 0 saturated heterocycles. The summed E-state index contributed by atoms with van der Waals surface area (Å²) in [5, 5.41) is 9.15. The molecule has 1 aliphatic rings. The number of nitrogens with one attached hydrogen (secondary N) is 2. The molecule has 1 amide bonds. The predicted octanol–water partition coefficient (Wildman–Crippen LogP) is 3.73. The molecule has 3 aromatic rings. The molecule has 2 heterocycles. The van der Waals surface area contributed by atoms with Gasteiger partial charge in [-0.05, 0) is 55.2 Å². The first-order chi connectivity index (χ1) is 15.0. The highest BCUT2D eigenvalue weighted by atomic mass is 32.1. The summed E-state index contributed by atoms with van der Waals surface area (Å²) in [5.74, 6) is 0.979. The molecular formula is C23H27N5O2S. The van der Waals surface area contributed by atoms with Crippen LogP contribution in [0, 0.1) is 5.92 Å². The molecular weight excluding hydrogens is 410 g/mol. The Morgan fingerprint density at radius 2 is 1.84 bits per heavy atom. The first-order valence-electron chi connectivity index (χ1n) is 10.6. The third kappa shape index (κ3) is 5.02. The fourth-order valence-corrected chi connectivity index (χ4v) is 4.66. The number of benzene rings is 1. The number of nitrogens with zero attached hydrogens (tertiary/aromatic N) is 3. The topological polar surface area (TPSA) is 87.2 Å². The minimum Gasteiger partial charge on any atom is -0.362 e. The van der Waals surface area contributed by atoms with E-state index in [2.05, 4.69) is 10.6 Å². The lowest BCUT2D eigenvalue weighted by Crippen LogP contribution is -2.37. The number of aromatic nitrogens is 2. The minimum absolute atomic E-state index is 0.302. The van der Waals surface area contributed by atoms with Crippen LogP contribution in [0.1, 0.15) is 35.4 Å². The molecule has 0 unspecified atom stereocenters. The third-order valence-corrected chi connectivity index (χ3v) is 6.56. The van der Waals surface area contributed by atoms with E-state index in [1.54, 1.807) is 17.5 Å². The third-order valence-electron chi connectivity index (χ3n) is 5.69. The van der Waals surface area contributed by atoms with Crippen LogP contribution in [0.3, 0.4) is 0 Å². The lowest BCUT2D eigenvalue weighted by molar-refractivity contribution is -0.117. The number of Topliss-reactive ketones (excluding diaryl/α,β-unsaturated/α-hetero) is 1. The van der Waals surface area contributed by atoms with Gasteiger partial charge in [0.05, 0.1) is 10.4 Å². The Kier molecular flexibility index (Phi) is 6.46. The average molecular weight is 438 g/mol. The molecule has 162 valence electrons. The summed E-state index contributed by atoms with van der Waals surface area (Å²) in [5.41, 5.74) is 0.926. The predicted molar refractivity (Wildman–Crippen MR) is 125 cm³/mol. The normalized spacial score (nSPS) is 18.5. The fraction of sp³-hybridized carbons (Fsp3) is 0.391. The molecule has 7 nitrogen and oxygen atoms in total. The smallest absolute Gasteiger partial charge is 0.293 e. The second-order valence-corrected chi connectivity index (χ2v) is 9.11. The number of hydrogen-bond acceptors (Lipinski definition) is 7. The molecule has 31 heavy (non-hydrogen) atoms. The van der Waals surface area contributed by atoms with Gasteiger partial charge in [-0.2, -0.15) is 4.98 Å². The summed E-state index contributed by atoms with van der Waals surface area (Å²) >= 11 is 1.29. The molecule has 0 bridgehead atoms. The highest BCUT2D eigenvalue weighted by Crippen LogP contribution is 2.28. The zero-order valence-corrected chi connectivity index (χ0v) is 18.6. The van der Waals surface area contributed by atoms with Crippen LogP contribution in [0.5, 0.6) is 0 Å². The van der Waals surface area contributed by atoms with Gasteiger partial charge in [0, 0.05) is 32.1 Å². The maximum absolute atomic E-state index is 12.1. The van der Waals surface area contributed by atoms with Gasteiger partial charge in [0.1, 0.15) is 5.82 Å². The number of carbonyl (C=O) groups excluding carboxylic acids is 2. The van der Waals surface area contributed by atoms with E-state index >= 15 is 0 Å². The molecule has 2 N–H and O–H groups in total. The van der Waals surface area contributed by atoms with E-state index in [1.807, 2.05) is 43.3 Å². The second-order valence-electron chi connectivity index (χ2n) is 8.16. The monoisotopic (exact) mass is 437 g/mol. The Bertz CT molecular complexity index is 1060. The van der Waals surface area contributed by atoms with E-state index in [4.69, 9.17) is 9.97 Å². The molecule has 1 aliphatic carbocycles. The number of thiophene rings is 1. The van der Waals surface area contributed by atoms with Crippen molar-refractivity contribution in [1.82, 2.24) is 15.3 Å². The van der Waals surface area contributed by atoms with Crippen molar-refractivity contribution < 1.29 is 9.59 Å². The van der Waals surface area contributed by atoms with Gasteiger partial charge in [-0.3, -0.25) is 9.59 Å².